The van der Waals surface area contributed by atoms with Crippen LogP contribution in [-0.4, -0.2) is 25.5 Å². The smallest absolute Gasteiger partial charge is 0.250 e. The third-order valence-electron chi connectivity index (χ3n) is 4.97. The lowest BCUT2D eigenvalue weighted by Gasteiger charge is -2.28. The highest BCUT2D eigenvalue weighted by molar-refractivity contribution is 6.00. The van der Waals surface area contributed by atoms with Gasteiger partial charge in [-0.2, -0.15) is 0 Å². The van der Waals surface area contributed by atoms with E-state index in [9.17, 15) is 14.0 Å². The van der Waals surface area contributed by atoms with Crippen LogP contribution in [0.1, 0.15) is 31.2 Å². The van der Waals surface area contributed by atoms with Crippen molar-refractivity contribution >= 4 is 23.2 Å². The van der Waals surface area contributed by atoms with Gasteiger partial charge in [0.15, 0.2) is 0 Å². The Bertz CT molecular complexity index is 814. The summed E-state index contributed by atoms with van der Waals surface area (Å²) in [7, 11) is 1.45. The van der Waals surface area contributed by atoms with Crippen molar-refractivity contribution in [3.63, 3.8) is 0 Å². The van der Waals surface area contributed by atoms with Crippen LogP contribution in [-0.2, 0) is 19.7 Å². The quantitative estimate of drug-likeness (QED) is 0.811. The number of anilines is 2. The molecule has 2 amide bonds. The molecule has 0 spiro atoms. The molecule has 0 atom stereocenters. The van der Waals surface area contributed by atoms with Crippen molar-refractivity contribution in [2.45, 2.75) is 31.1 Å². The largest absolute Gasteiger partial charge is 0.375 e. The lowest BCUT2D eigenvalue weighted by molar-refractivity contribution is -0.121. The van der Waals surface area contributed by atoms with E-state index in [0.29, 0.717) is 11.4 Å². The Morgan fingerprint density at radius 3 is 2.30 bits per heavy atom. The van der Waals surface area contributed by atoms with Gasteiger partial charge in [0.25, 0.3) is 0 Å². The second-order valence-corrected chi connectivity index (χ2v) is 6.81. The van der Waals surface area contributed by atoms with Crippen molar-refractivity contribution in [3.8, 4) is 0 Å². The summed E-state index contributed by atoms with van der Waals surface area (Å²) in [6.45, 7) is -0.0374. The first-order valence-electron chi connectivity index (χ1n) is 9.00. The van der Waals surface area contributed by atoms with E-state index in [-0.39, 0.29) is 24.2 Å². The molecule has 2 aromatic carbocycles. The van der Waals surface area contributed by atoms with Gasteiger partial charge in [0.1, 0.15) is 12.4 Å². The molecule has 1 aliphatic rings. The maximum Gasteiger partial charge on any atom is 0.250 e. The van der Waals surface area contributed by atoms with E-state index in [1.54, 1.807) is 36.4 Å². The lowest BCUT2D eigenvalue weighted by atomic mass is 9.78. The van der Waals surface area contributed by atoms with Crippen molar-refractivity contribution in [1.29, 1.82) is 0 Å². The molecule has 3 rings (SSSR count). The molecule has 6 heteroatoms. The normalized spacial score (nSPS) is 15.3. The predicted molar refractivity (Wildman–Crippen MR) is 102 cm³/mol. The molecule has 0 aromatic heterocycles. The van der Waals surface area contributed by atoms with E-state index in [0.717, 1.165) is 31.2 Å². The SMILES string of the molecule is COCC(=O)Nc1cccc(NC(=O)C2(c3ccc(F)cc3)CCCC2)c1. The zero-order valence-electron chi connectivity index (χ0n) is 15.3. The van der Waals surface area contributed by atoms with Gasteiger partial charge in [0.05, 0.1) is 5.41 Å². The molecule has 1 aliphatic carbocycles. The standard InChI is InChI=1S/C21H23FN2O3/c1-27-14-19(25)23-17-5-4-6-18(13-17)24-20(26)21(11-2-3-12-21)15-7-9-16(22)10-8-15/h4-10,13H,2-3,11-12,14H2,1H3,(H,23,25)(H,24,26). The summed E-state index contributed by atoms with van der Waals surface area (Å²) >= 11 is 0. The number of benzene rings is 2. The van der Waals surface area contributed by atoms with Gasteiger partial charge in [-0.25, -0.2) is 4.39 Å². The Balaban J connectivity index is 1.78. The Hall–Kier alpha value is -2.73. The third kappa shape index (κ3) is 4.34. The van der Waals surface area contributed by atoms with Crippen LogP contribution in [0.15, 0.2) is 48.5 Å². The summed E-state index contributed by atoms with van der Waals surface area (Å²) in [5, 5.41) is 5.68. The number of rotatable bonds is 6. The number of hydrogen-bond donors (Lipinski definition) is 2. The minimum absolute atomic E-state index is 0.0374. The van der Waals surface area contributed by atoms with E-state index in [2.05, 4.69) is 10.6 Å². The van der Waals surface area contributed by atoms with Crippen LogP contribution in [0.4, 0.5) is 15.8 Å². The maximum absolute atomic E-state index is 13.3. The molecule has 0 aliphatic heterocycles. The number of hydrogen-bond acceptors (Lipinski definition) is 3. The number of amides is 2. The molecule has 0 saturated heterocycles. The van der Waals surface area contributed by atoms with Gasteiger partial charge < -0.3 is 15.4 Å². The minimum atomic E-state index is -0.650. The van der Waals surface area contributed by atoms with Gasteiger partial charge in [0.2, 0.25) is 11.8 Å². The third-order valence-corrected chi connectivity index (χ3v) is 4.97. The van der Waals surface area contributed by atoms with Gasteiger partial charge in [-0.05, 0) is 48.7 Å². The molecule has 142 valence electrons. The second kappa shape index (κ2) is 8.31. The van der Waals surface area contributed by atoms with Crippen LogP contribution in [0.5, 0.6) is 0 Å². The van der Waals surface area contributed by atoms with Gasteiger partial charge in [-0.3, -0.25) is 9.59 Å². The van der Waals surface area contributed by atoms with Crippen LogP contribution in [0, 0.1) is 5.82 Å². The number of nitrogens with one attached hydrogen (secondary N) is 2. The van der Waals surface area contributed by atoms with Crippen molar-refractivity contribution in [1.82, 2.24) is 0 Å². The molecule has 0 radical (unpaired) electrons. The first kappa shape index (κ1) is 19.0. The number of carbonyl (C=O) groups is 2. The fourth-order valence-corrected chi connectivity index (χ4v) is 3.65. The molecule has 1 fully saturated rings. The fraction of sp³-hybridized carbons (Fsp3) is 0.333. The van der Waals surface area contributed by atoms with Crippen LogP contribution >= 0.6 is 0 Å². The topological polar surface area (TPSA) is 67.4 Å². The summed E-state index contributed by atoms with van der Waals surface area (Å²) in [4.78, 5) is 24.8. The monoisotopic (exact) mass is 370 g/mol. The minimum Gasteiger partial charge on any atom is -0.375 e. The maximum atomic E-state index is 13.3. The summed E-state index contributed by atoms with van der Waals surface area (Å²) < 4.78 is 18.1. The van der Waals surface area contributed by atoms with Crippen molar-refractivity contribution in [3.05, 3.63) is 59.9 Å². The van der Waals surface area contributed by atoms with Gasteiger partial charge >= 0.3 is 0 Å². The number of carbonyl (C=O) groups excluding carboxylic acids is 2. The van der Waals surface area contributed by atoms with Crippen molar-refractivity contribution in [2.24, 2.45) is 0 Å². The first-order valence-corrected chi connectivity index (χ1v) is 9.00. The van der Waals surface area contributed by atoms with E-state index in [4.69, 9.17) is 4.74 Å². The molecule has 5 nitrogen and oxygen atoms in total. The molecule has 27 heavy (non-hydrogen) atoms. The molecular formula is C21H23FN2O3. The average Bonchev–Trinajstić information content (AvgIpc) is 3.14. The predicted octanol–water partition coefficient (Wildman–Crippen LogP) is 3.86. The van der Waals surface area contributed by atoms with Gasteiger partial charge in [-0.1, -0.05) is 31.0 Å². The highest BCUT2D eigenvalue weighted by Crippen LogP contribution is 2.42. The zero-order chi connectivity index (χ0) is 19.3. The fourth-order valence-electron chi connectivity index (χ4n) is 3.65. The summed E-state index contributed by atoms with van der Waals surface area (Å²) in [5.41, 5.74) is 1.37. The first-order chi connectivity index (χ1) is 13.0. The van der Waals surface area contributed by atoms with Crippen LogP contribution < -0.4 is 10.6 Å². The Morgan fingerprint density at radius 1 is 1.04 bits per heavy atom. The Labute approximate surface area is 157 Å². The van der Waals surface area contributed by atoms with Crippen LogP contribution in [0.25, 0.3) is 0 Å². The second-order valence-electron chi connectivity index (χ2n) is 6.81. The van der Waals surface area contributed by atoms with E-state index in [1.165, 1.54) is 19.2 Å². The highest BCUT2D eigenvalue weighted by Gasteiger charge is 2.42. The molecular weight excluding hydrogens is 347 g/mol. The van der Waals surface area contributed by atoms with Crippen molar-refractivity contribution < 1.29 is 18.7 Å². The highest BCUT2D eigenvalue weighted by atomic mass is 19.1. The van der Waals surface area contributed by atoms with Crippen molar-refractivity contribution in [2.75, 3.05) is 24.4 Å². The molecule has 0 unspecified atom stereocenters. The summed E-state index contributed by atoms with van der Waals surface area (Å²) in [6.07, 6.45) is 3.37. The summed E-state index contributed by atoms with van der Waals surface area (Å²) in [6, 6.07) is 13.2. The van der Waals surface area contributed by atoms with Crippen LogP contribution in [0.3, 0.4) is 0 Å². The Morgan fingerprint density at radius 2 is 1.67 bits per heavy atom. The van der Waals surface area contributed by atoms with E-state index < -0.39 is 5.41 Å². The zero-order valence-corrected chi connectivity index (χ0v) is 15.3. The molecule has 0 bridgehead atoms. The summed E-state index contributed by atoms with van der Waals surface area (Å²) in [5.74, 6) is -0.682. The molecule has 2 N–H and O–H groups in total. The number of ether oxygens (including phenoxy) is 1. The Kier molecular flexibility index (Phi) is 5.86. The van der Waals surface area contributed by atoms with Gasteiger partial charge in [0, 0.05) is 18.5 Å². The van der Waals surface area contributed by atoms with Gasteiger partial charge in [-0.15, -0.1) is 0 Å². The molecule has 2 aromatic rings. The molecule has 1 saturated carbocycles. The lowest BCUT2D eigenvalue weighted by Crippen LogP contribution is -2.38. The number of methoxy groups -OCH3 is 1. The van der Waals surface area contributed by atoms with E-state index in [1.807, 2.05) is 0 Å². The average molecular weight is 370 g/mol. The van der Waals surface area contributed by atoms with Crippen LogP contribution in [0.2, 0.25) is 0 Å². The molecule has 0 heterocycles. The number of halogens is 1. The van der Waals surface area contributed by atoms with E-state index >= 15 is 0 Å².